The topological polar surface area (TPSA) is 26.3 Å². The van der Waals surface area contributed by atoms with Gasteiger partial charge in [0.15, 0.2) is 5.78 Å². The molecule has 2 aromatic rings. The molecule has 0 unspecified atom stereocenters. The Balaban J connectivity index is 2.16. The van der Waals surface area contributed by atoms with Gasteiger partial charge in [-0.1, -0.05) is 18.2 Å². The van der Waals surface area contributed by atoms with Crippen molar-refractivity contribution in [2.75, 3.05) is 0 Å². The Hall–Kier alpha value is -2.16. The number of carbonyl (C=O) groups excluding carboxylic acids is 1. The van der Waals surface area contributed by atoms with Crippen molar-refractivity contribution in [2.45, 2.75) is 33.3 Å². The number of Topliss-reactive ketones (excluding diaryl/α,β-unsaturated/α-hetero) is 1. The number of rotatable bonds is 5. The van der Waals surface area contributed by atoms with Crippen LogP contribution in [0.25, 0.3) is 0 Å². The molecule has 2 rings (SSSR count). The van der Waals surface area contributed by atoms with Crippen molar-refractivity contribution in [3.05, 3.63) is 65.0 Å². The summed E-state index contributed by atoms with van der Waals surface area (Å²) in [7, 11) is 0. The van der Waals surface area contributed by atoms with Crippen LogP contribution in [0.15, 0.2) is 42.5 Å². The van der Waals surface area contributed by atoms with Crippen LogP contribution in [0.3, 0.4) is 0 Å². The normalized spacial score (nSPS) is 10.7. The minimum absolute atomic E-state index is 0.00101. The van der Waals surface area contributed by atoms with Crippen LogP contribution in [0.4, 0.5) is 4.39 Å². The lowest BCUT2D eigenvalue weighted by molar-refractivity contribution is 0.0992. The highest BCUT2D eigenvalue weighted by Gasteiger charge is 2.10. The van der Waals surface area contributed by atoms with Crippen LogP contribution in [0.1, 0.15) is 35.3 Å². The van der Waals surface area contributed by atoms with Gasteiger partial charge in [-0.25, -0.2) is 4.39 Å². The van der Waals surface area contributed by atoms with E-state index in [9.17, 15) is 9.18 Å². The van der Waals surface area contributed by atoms with E-state index in [2.05, 4.69) is 0 Å². The summed E-state index contributed by atoms with van der Waals surface area (Å²) in [5, 5.41) is 0. The molecule has 3 heteroatoms. The summed E-state index contributed by atoms with van der Waals surface area (Å²) in [5.74, 6) is 0.404. The molecule has 0 aliphatic carbocycles. The van der Waals surface area contributed by atoms with Crippen LogP contribution in [0.2, 0.25) is 0 Å². The number of carbonyl (C=O) groups is 1. The first kappa shape index (κ1) is 15.2. The molecule has 0 amide bonds. The van der Waals surface area contributed by atoms with Crippen molar-refractivity contribution in [3.8, 4) is 5.75 Å². The van der Waals surface area contributed by atoms with Crippen molar-refractivity contribution in [1.29, 1.82) is 0 Å². The lowest BCUT2D eigenvalue weighted by Crippen LogP contribution is -2.08. The van der Waals surface area contributed by atoms with E-state index >= 15 is 0 Å². The van der Waals surface area contributed by atoms with Gasteiger partial charge in [-0.2, -0.15) is 0 Å². The Bertz CT molecular complexity index is 647. The van der Waals surface area contributed by atoms with Gasteiger partial charge in [0, 0.05) is 12.0 Å². The third-order valence-electron chi connectivity index (χ3n) is 3.18. The number of benzene rings is 2. The lowest BCUT2D eigenvalue weighted by atomic mass is 9.99. The van der Waals surface area contributed by atoms with E-state index in [0.29, 0.717) is 11.3 Å². The van der Waals surface area contributed by atoms with Gasteiger partial charge in [-0.3, -0.25) is 4.79 Å². The predicted octanol–water partition coefficient (Wildman–Crippen LogP) is 4.35. The van der Waals surface area contributed by atoms with Crippen LogP contribution in [-0.4, -0.2) is 11.9 Å². The average Bonchev–Trinajstić information content (AvgIpc) is 2.41. The molecule has 0 saturated carbocycles. The molecule has 0 N–H and O–H groups in total. The molecule has 0 aliphatic heterocycles. The number of aryl methyl sites for hydroxylation is 1. The van der Waals surface area contributed by atoms with E-state index in [1.807, 2.05) is 32.9 Å². The Morgan fingerprint density at radius 1 is 1.19 bits per heavy atom. The summed E-state index contributed by atoms with van der Waals surface area (Å²) < 4.78 is 18.7. The number of ether oxygens (including phenoxy) is 1. The minimum atomic E-state index is -0.281. The largest absolute Gasteiger partial charge is 0.491 e. The summed E-state index contributed by atoms with van der Waals surface area (Å²) in [4.78, 5) is 12.3. The van der Waals surface area contributed by atoms with Gasteiger partial charge in [0.2, 0.25) is 0 Å². The van der Waals surface area contributed by atoms with Gasteiger partial charge in [-0.05, 0) is 56.2 Å². The number of halogens is 1. The summed E-state index contributed by atoms with van der Waals surface area (Å²) in [6.07, 6.45) is 0.326. The second-order valence-electron chi connectivity index (χ2n) is 5.37. The van der Waals surface area contributed by atoms with E-state index in [0.717, 1.165) is 11.1 Å². The van der Waals surface area contributed by atoms with Crippen LogP contribution in [-0.2, 0) is 6.42 Å². The average molecular weight is 286 g/mol. The molecule has 0 bridgehead atoms. The molecule has 0 heterocycles. The quantitative estimate of drug-likeness (QED) is 0.764. The van der Waals surface area contributed by atoms with Gasteiger partial charge in [-0.15, -0.1) is 0 Å². The molecule has 0 aliphatic rings. The first-order chi connectivity index (χ1) is 9.95. The maximum atomic E-state index is 13.1. The van der Waals surface area contributed by atoms with Gasteiger partial charge in [0.1, 0.15) is 11.6 Å². The fourth-order valence-electron chi connectivity index (χ4n) is 2.15. The summed E-state index contributed by atoms with van der Waals surface area (Å²) in [6.45, 7) is 5.69. The maximum absolute atomic E-state index is 13.1. The first-order valence-corrected chi connectivity index (χ1v) is 7.00. The van der Waals surface area contributed by atoms with E-state index in [4.69, 9.17) is 4.74 Å². The van der Waals surface area contributed by atoms with Gasteiger partial charge in [0.25, 0.3) is 0 Å². The standard InChI is InChI=1S/C18H19FO2/c1-12(2)21-17-6-4-5-15(10-17)18(20)11-14-7-8-16(19)9-13(14)3/h4-10,12H,11H2,1-3H3. The van der Waals surface area contributed by atoms with E-state index in [-0.39, 0.29) is 24.1 Å². The third-order valence-corrected chi connectivity index (χ3v) is 3.18. The zero-order valence-electron chi connectivity index (χ0n) is 12.5. The van der Waals surface area contributed by atoms with Crippen molar-refractivity contribution in [2.24, 2.45) is 0 Å². The summed E-state index contributed by atoms with van der Waals surface area (Å²) >= 11 is 0. The Kier molecular flexibility index (Phi) is 4.73. The van der Waals surface area contributed by atoms with Crippen LogP contribution >= 0.6 is 0 Å². The fourth-order valence-corrected chi connectivity index (χ4v) is 2.15. The van der Waals surface area contributed by atoms with Crippen LogP contribution < -0.4 is 4.74 Å². The van der Waals surface area contributed by atoms with Crippen molar-refractivity contribution in [1.82, 2.24) is 0 Å². The third kappa shape index (κ3) is 4.15. The molecule has 0 fully saturated rings. The monoisotopic (exact) mass is 286 g/mol. The van der Waals surface area contributed by atoms with Crippen LogP contribution in [0.5, 0.6) is 5.75 Å². The van der Waals surface area contributed by atoms with Gasteiger partial charge < -0.3 is 4.74 Å². The van der Waals surface area contributed by atoms with Gasteiger partial charge in [0.05, 0.1) is 6.10 Å². The Morgan fingerprint density at radius 3 is 2.62 bits per heavy atom. The summed E-state index contributed by atoms with van der Waals surface area (Å²) in [5.41, 5.74) is 2.24. The zero-order valence-corrected chi connectivity index (χ0v) is 12.5. The molecule has 110 valence electrons. The molecular weight excluding hydrogens is 267 g/mol. The van der Waals surface area contributed by atoms with Crippen molar-refractivity contribution in [3.63, 3.8) is 0 Å². The van der Waals surface area contributed by atoms with Crippen molar-refractivity contribution < 1.29 is 13.9 Å². The Morgan fingerprint density at radius 2 is 1.95 bits per heavy atom. The smallest absolute Gasteiger partial charge is 0.167 e. The highest BCUT2D eigenvalue weighted by atomic mass is 19.1. The highest BCUT2D eigenvalue weighted by molar-refractivity contribution is 5.98. The van der Waals surface area contributed by atoms with E-state index < -0.39 is 0 Å². The fraction of sp³-hybridized carbons (Fsp3) is 0.278. The molecule has 2 nitrogen and oxygen atoms in total. The minimum Gasteiger partial charge on any atom is -0.491 e. The van der Waals surface area contributed by atoms with E-state index in [1.54, 1.807) is 18.2 Å². The molecular formula is C18H19FO2. The van der Waals surface area contributed by atoms with Crippen molar-refractivity contribution >= 4 is 5.78 Å². The molecule has 21 heavy (non-hydrogen) atoms. The molecule has 0 spiro atoms. The van der Waals surface area contributed by atoms with Gasteiger partial charge >= 0.3 is 0 Å². The highest BCUT2D eigenvalue weighted by Crippen LogP contribution is 2.18. The number of ketones is 1. The second-order valence-corrected chi connectivity index (χ2v) is 5.37. The lowest BCUT2D eigenvalue weighted by Gasteiger charge is -2.11. The number of hydrogen-bond acceptors (Lipinski definition) is 2. The molecule has 2 aromatic carbocycles. The molecule has 0 saturated heterocycles. The molecule has 0 aromatic heterocycles. The number of hydrogen-bond donors (Lipinski definition) is 0. The first-order valence-electron chi connectivity index (χ1n) is 7.00. The molecule has 0 radical (unpaired) electrons. The SMILES string of the molecule is Cc1cc(F)ccc1CC(=O)c1cccc(OC(C)C)c1. The van der Waals surface area contributed by atoms with Crippen LogP contribution in [0, 0.1) is 12.7 Å². The Labute approximate surface area is 124 Å². The predicted molar refractivity (Wildman–Crippen MR) is 81.4 cm³/mol. The summed E-state index contributed by atoms with van der Waals surface area (Å²) in [6, 6.07) is 11.7. The molecule has 0 atom stereocenters. The zero-order chi connectivity index (χ0) is 15.4. The second kappa shape index (κ2) is 6.53. The maximum Gasteiger partial charge on any atom is 0.167 e. The van der Waals surface area contributed by atoms with E-state index in [1.165, 1.54) is 12.1 Å².